The van der Waals surface area contributed by atoms with E-state index in [1.165, 1.54) is 64.5 Å². The summed E-state index contributed by atoms with van der Waals surface area (Å²) in [6.45, 7) is 6.84. The fraction of sp³-hybridized carbons (Fsp3) is 0.458. The third-order valence-electron chi connectivity index (χ3n) is 16.6. The number of rotatable bonds is 12. The van der Waals surface area contributed by atoms with Crippen LogP contribution in [-0.2, 0) is 51.0 Å². The van der Waals surface area contributed by atoms with Gasteiger partial charge in [-0.25, -0.2) is 0 Å². The normalized spacial score (nSPS) is 28.6. The fourth-order valence-electron chi connectivity index (χ4n) is 12.0. The number of hydrogen-bond acceptors (Lipinski definition) is 23. The number of hydrogen-bond donors (Lipinski definition) is 10. The Morgan fingerprint density at radius 2 is 1.01 bits per heavy atom. The highest BCUT2D eigenvalue weighted by Crippen LogP contribution is 2.55. The number of Topliss-reactive ketones (excluding diaryl/α,β-unsaturated/α-hetero) is 3. The van der Waals surface area contributed by atoms with Crippen molar-refractivity contribution >= 4 is 46.4 Å². The van der Waals surface area contributed by atoms with Crippen LogP contribution in [0.15, 0.2) is 36.4 Å². The Kier molecular flexibility index (Phi) is 16.3. The predicted molar refractivity (Wildman–Crippen MR) is 285 cm³/mol. The molecule has 0 radical (unpaired) electrons. The Balaban J connectivity index is 0.000000202. The van der Waals surface area contributed by atoms with Crippen LogP contribution in [0.5, 0.6) is 34.5 Å². The number of nitrogens with two attached hydrogens (primary N) is 1. The van der Waals surface area contributed by atoms with Crippen LogP contribution in [-0.4, -0.2) is 162 Å². The van der Waals surface area contributed by atoms with E-state index in [0.29, 0.717) is 0 Å². The first-order valence-corrected chi connectivity index (χ1v) is 26.8. The number of aliphatic hydroxyl groups is 4. The largest absolute Gasteiger partial charge is 0.507 e. The molecular weight excluding hydrogens is 1090 g/mol. The first-order chi connectivity index (χ1) is 39.1. The molecule has 0 bridgehead atoms. The average molecular weight is 1150 g/mol. The second kappa shape index (κ2) is 22.6. The lowest BCUT2D eigenvalue weighted by Gasteiger charge is -2.42. The monoisotopic (exact) mass is 1150 g/mol. The first kappa shape index (κ1) is 60.1. The van der Waals surface area contributed by atoms with Gasteiger partial charge in [0.2, 0.25) is 17.5 Å². The highest BCUT2D eigenvalue weighted by atomic mass is 16.7. The third-order valence-corrected chi connectivity index (χ3v) is 16.6. The summed E-state index contributed by atoms with van der Waals surface area (Å²) in [7, 11) is 2.66. The van der Waals surface area contributed by atoms with Gasteiger partial charge in [-0.3, -0.25) is 33.6 Å². The Morgan fingerprint density at radius 1 is 0.602 bits per heavy atom. The third kappa shape index (κ3) is 10.5. The average Bonchev–Trinajstić information content (AvgIpc) is 3.63. The standard InChI is InChI=1S/C32H35NO12.C27H29NO10/c1-13(34)8-9-21(36)33-18-10-22(44-14(2)27(18)37)45-20-12-32(42,15(3)35)11-17-24(20)31(41)26-25(29(17)39)28(38)16-6-5-7-19(43-4)23(16)30(26)40;1-10-22(30)14(28)7-17(37-10)38-16-9-27(35,11(2)29)8-13-19(16)26(34)21-20(24(13)32)23(31)12-5-4-6-15(36-3)18(12)25(21)33/h5-7,14,18,20,22,27,37,39,41-42H,8-12H2,1-4H3,(H,33,36);4-6,10,14,16-17,22,30,32,34-35H,7-9,28H2,1-3H3/t14?,18?,20-,22?,27?,32-;10?,14?,16-,17?,22?,27-/m00/s1. The smallest absolute Gasteiger partial charge is 0.220 e. The van der Waals surface area contributed by atoms with Gasteiger partial charge >= 0.3 is 0 Å². The summed E-state index contributed by atoms with van der Waals surface area (Å²) < 4.78 is 34.4. The molecule has 2 aliphatic heterocycles. The van der Waals surface area contributed by atoms with E-state index in [1.54, 1.807) is 13.8 Å². The number of amides is 1. The number of carbonyl (C=O) groups is 8. The molecule has 83 heavy (non-hydrogen) atoms. The number of nitrogens with one attached hydrogen (secondary N) is 1. The van der Waals surface area contributed by atoms with Crippen molar-refractivity contribution in [3.8, 4) is 34.5 Å². The van der Waals surface area contributed by atoms with Crippen molar-refractivity contribution in [3.63, 3.8) is 0 Å². The van der Waals surface area contributed by atoms with Crippen LogP contribution in [0.25, 0.3) is 0 Å². The molecule has 12 atom stereocenters. The van der Waals surface area contributed by atoms with Crippen LogP contribution in [0, 0.1) is 0 Å². The van der Waals surface area contributed by atoms with Crippen molar-refractivity contribution in [1.82, 2.24) is 5.32 Å². The van der Waals surface area contributed by atoms with Crippen LogP contribution in [0.3, 0.4) is 0 Å². The summed E-state index contributed by atoms with van der Waals surface area (Å²) in [4.78, 5) is 103. The van der Waals surface area contributed by atoms with Crippen LogP contribution in [0.2, 0.25) is 0 Å². The van der Waals surface area contributed by atoms with Crippen LogP contribution in [0.1, 0.15) is 171 Å². The van der Waals surface area contributed by atoms with Crippen molar-refractivity contribution < 1.29 is 108 Å². The maximum absolute atomic E-state index is 13.8. The van der Waals surface area contributed by atoms with Gasteiger partial charge in [0, 0.05) is 90.8 Å². The molecule has 8 unspecified atom stereocenters. The highest BCUT2D eigenvalue weighted by Gasteiger charge is 2.52. The lowest BCUT2D eigenvalue weighted by Crippen LogP contribution is -2.55. The number of methoxy groups -OCH3 is 2. The van der Waals surface area contributed by atoms with E-state index in [0.717, 1.165) is 6.92 Å². The number of fused-ring (bicyclic) bond motifs is 6. The zero-order valence-corrected chi connectivity index (χ0v) is 46.3. The molecule has 10 rings (SSSR count). The summed E-state index contributed by atoms with van der Waals surface area (Å²) in [6, 6.07) is 7.26. The predicted octanol–water partition coefficient (Wildman–Crippen LogP) is 2.58. The Labute approximate surface area is 474 Å². The summed E-state index contributed by atoms with van der Waals surface area (Å²) in [5.74, 6) is -7.28. The van der Waals surface area contributed by atoms with Crippen molar-refractivity contribution in [2.24, 2.45) is 5.73 Å². The summed E-state index contributed by atoms with van der Waals surface area (Å²) in [6.07, 6.45) is -10.1. The molecule has 1 amide bonds. The van der Waals surface area contributed by atoms with Gasteiger partial charge in [0.15, 0.2) is 35.7 Å². The number of aromatic hydroxyl groups is 4. The number of aliphatic hydroxyl groups excluding tert-OH is 2. The quantitative estimate of drug-likeness (QED) is 0.0787. The lowest BCUT2D eigenvalue weighted by molar-refractivity contribution is -0.249. The molecule has 4 aromatic rings. The number of benzene rings is 4. The van der Waals surface area contributed by atoms with Crippen molar-refractivity contribution in [2.45, 2.75) is 158 Å². The van der Waals surface area contributed by atoms with Crippen molar-refractivity contribution in [1.29, 1.82) is 0 Å². The number of phenolic OH excluding ortho intramolecular Hbond substituents is 4. The SMILES string of the molecule is COc1cccc2c1C(=O)c1c(O)c3c(c(O)c1C2=O)C[C@@](O)(C(C)=O)C[C@@H]3OC1CC(N)C(O)C(C)O1.COc1cccc2c1C(=O)c1c(O)c3c(c(O)c1C2=O)C[C@@](O)(C(C)=O)C[C@@H]3OC1CC(NC(=O)CCC(C)=O)C(O)C(C)O1. The first-order valence-electron chi connectivity index (χ1n) is 26.8. The molecule has 11 N–H and O–H groups in total. The number of ketones is 7. The zero-order valence-electron chi connectivity index (χ0n) is 46.3. The van der Waals surface area contributed by atoms with Gasteiger partial charge in [-0.1, -0.05) is 24.3 Å². The molecule has 442 valence electrons. The maximum atomic E-state index is 13.8. The van der Waals surface area contributed by atoms with Gasteiger partial charge in [-0.05, 0) is 46.8 Å². The second-order valence-corrected chi connectivity index (χ2v) is 22.0. The molecule has 0 spiro atoms. The van der Waals surface area contributed by atoms with Gasteiger partial charge in [0.1, 0.15) is 57.6 Å². The van der Waals surface area contributed by atoms with Gasteiger partial charge in [0.25, 0.3) is 0 Å². The van der Waals surface area contributed by atoms with E-state index in [-0.39, 0.29) is 93.9 Å². The van der Waals surface area contributed by atoms with Gasteiger partial charge in [-0.2, -0.15) is 0 Å². The molecule has 0 aromatic heterocycles. The van der Waals surface area contributed by atoms with E-state index in [1.807, 2.05) is 0 Å². The topological polar surface area (TPSA) is 392 Å². The van der Waals surface area contributed by atoms with Crippen LogP contribution >= 0.6 is 0 Å². The summed E-state index contributed by atoms with van der Waals surface area (Å²) in [5.41, 5.74) is -0.457. The van der Waals surface area contributed by atoms with E-state index in [2.05, 4.69) is 5.32 Å². The Morgan fingerprint density at radius 3 is 1.41 bits per heavy atom. The van der Waals surface area contributed by atoms with Crippen molar-refractivity contribution in [3.05, 3.63) is 103 Å². The molecule has 2 fully saturated rings. The minimum absolute atomic E-state index is 0.0147. The van der Waals surface area contributed by atoms with E-state index in [4.69, 9.17) is 34.2 Å². The van der Waals surface area contributed by atoms with Gasteiger partial charge in [0.05, 0.1) is 84.2 Å². The molecule has 6 aliphatic rings. The molecule has 2 heterocycles. The minimum Gasteiger partial charge on any atom is -0.507 e. The number of carbonyl (C=O) groups excluding carboxylic acids is 8. The molecular formula is C59H64N2O22. The van der Waals surface area contributed by atoms with E-state index < -0.39 is 178 Å². The van der Waals surface area contributed by atoms with Gasteiger partial charge < -0.3 is 85.1 Å². The molecule has 24 nitrogen and oxygen atoms in total. The molecule has 4 aliphatic carbocycles. The summed E-state index contributed by atoms with van der Waals surface area (Å²) in [5, 5.41) is 91.9. The van der Waals surface area contributed by atoms with E-state index >= 15 is 0 Å². The maximum Gasteiger partial charge on any atom is 0.220 e. The second-order valence-electron chi connectivity index (χ2n) is 22.0. The molecule has 4 aromatic carbocycles. The number of ether oxygens (including phenoxy) is 6. The number of phenols is 4. The Hall–Kier alpha value is -7.52. The molecule has 0 saturated carbocycles. The highest BCUT2D eigenvalue weighted by molar-refractivity contribution is 6.32. The minimum atomic E-state index is -2.08. The zero-order chi connectivity index (χ0) is 60.6. The van der Waals surface area contributed by atoms with E-state index in [9.17, 15) is 79.2 Å². The van der Waals surface area contributed by atoms with Crippen LogP contribution in [0.4, 0.5) is 0 Å². The molecule has 24 heteroatoms. The summed E-state index contributed by atoms with van der Waals surface area (Å²) >= 11 is 0. The molecule has 2 saturated heterocycles. The Bertz CT molecular complexity index is 3420. The lowest BCUT2D eigenvalue weighted by atomic mass is 9.72. The van der Waals surface area contributed by atoms with Crippen molar-refractivity contribution in [2.75, 3.05) is 14.2 Å². The van der Waals surface area contributed by atoms with Crippen LogP contribution < -0.4 is 20.5 Å². The van der Waals surface area contributed by atoms with Gasteiger partial charge in [-0.15, -0.1) is 0 Å². The fourth-order valence-corrected chi connectivity index (χ4v) is 12.0.